The Morgan fingerprint density at radius 2 is 1.94 bits per heavy atom. The minimum Gasteiger partial charge on any atom is -0.465 e. The van der Waals surface area contributed by atoms with E-state index in [0.29, 0.717) is 19.4 Å². The molecule has 0 radical (unpaired) electrons. The molecule has 3 rings (SSSR count). The Bertz CT molecular complexity index is 883. The second-order valence-corrected chi connectivity index (χ2v) is 13.5. The van der Waals surface area contributed by atoms with Gasteiger partial charge >= 0.3 is 5.97 Å². The van der Waals surface area contributed by atoms with Crippen molar-refractivity contribution >= 4 is 29.5 Å². The van der Waals surface area contributed by atoms with Gasteiger partial charge in [-0.25, -0.2) is 0 Å². The van der Waals surface area contributed by atoms with Crippen LogP contribution in [0.15, 0.2) is 25.3 Å². The molecule has 0 aromatic carbocycles. The second kappa shape index (κ2) is 9.92. The van der Waals surface area contributed by atoms with Crippen LogP contribution in [0.5, 0.6) is 0 Å². The third-order valence-corrected chi connectivity index (χ3v) is 9.96. The largest absolute Gasteiger partial charge is 0.465 e. The van der Waals surface area contributed by atoms with E-state index in [-0.39, 0.29) is 36.9 Å². The fourth-order valence-electron chi connectivity index (χ4n) is 6.28. The molecular weight excluding hydrogens is 464 g/mol. The molecule has 2 bridgehead atoms. The number of rotatable bonds is 10. The first-order valence-corrected chi connectivity index (χ1v) is 13.5. The maximum absolute atomic E-state index is 14.4. The van der Waals surface area contributed by atoms with Crippen molar-refractivity contribution in [3.05, 3.63) is 25.3 Å². The molecule has 3 aliphatic rings. The third-order valence-electron chi connectivity index (χ3n) is 7.97. The van der Waals surface area contributed by atoms with E-state index in [9.17, 15) is 19.5 Å². The summed E-state index contributed by atoms with van der Waals surface area (Å²) in [5, 5.41) is 10.3. The summed E-state index contributed by atoms with van der Waals surface area (Å²) in [6.45, 7) is 19.7. The van der Waals surface area contributed by atoms with Crippen LogP contribution < -0.4 is 0 Å². The van der Waals surface area contributed by atoms with E-state index in [1.807, 2.05) is 41.5 Å². The second-order valence-electron chi connectivity index (χ2n) is 11.6. The van der Waals surface area contributed by atoms with Gasteiger partial charge in [-0.3, -0.25) is 14.4 Å². The molecule has 8 heteroatoms. The average Bonchev–Trinajstić information content (AvgIpc) is 3.32. The summed E-state index contributed by atoms with van der Waals surface area (Å²) in [6, 6.07) is -1.29. The number of carbonyl (C=O) groups excluding carboxylic acids is 3. The summed E-state index contributed by atoms with van der Waals surface area (Å²) in [4.78, 5) is 45.3. The molecule has 0 saturated carbocycles. The van der Waals surface area contributed by atoms with Gasteiger partial charge in [-0.15, -0.1) is 24.9 Å². The van der Waals surface area contributed by atoms with Crippen LogP contribution in [-0.4, -0.2) is 79.6 Å². The van der Waals surface area contributed by atoms with E-state index in [0.717, 1.165) is 6.42 Å². The first-order chi connectivity index (χ1) is 16.3. The van der Waals surface area contributed by atoms with Crippen LogP contribution in [0.4, 0.5) is 0 Å². The number of nitrogens with zero attached hydrogens (tertiary/aromatic N) is 2. The number of ether oxygens (including phenoxy) is 1. The van der Waals surface area contributed by atoms with Gasteiger partial charge in [0.1, 0.15) is 6.04 Å². The summed E-state index contributed by atoms with van der Waals surface area (Å²) >= 11 is 1.62. The van der Waals surface area contributed by atoms with Crippen molar-refractivity contribution in [2.75, 3.05) is 19.8 Å². The molecular formula is C27H42N2O5S. The fraction of sp³-hybridized carbons (Fsp3) is 0.741. The molecule has 6 atom stereocenters. The molecule has 3 heterocycles. The molecule has 1 spiro atoms. The van der Waals surface area contributed by atoms with E-state index in [1.54, 1.807) is 33.7 Å². The Morgan fingerprint density at radius 3 is 2.46 bits per heavy atom. The maximum Gasteiger partial charge on any atom is 0.311 e. The standard InChI is InChI=1S/C27H42N2O5S/c1-9-11-15-34-24(33)20-19-22(31)29(18(16-30)17(3)4)21(27(19)13-12-26(20,8)35-27)23(32)28(14-10-2)25(5,6)7/h9-10,17-21,30H,1-2,11-16H2,3-8H3/t18-,19-,20-,21?,26+,27?/m0/s1. The monoisotopic (exact) mass is 506 g/mol. The maximum atomic E-state index is 14.4. The van der Waals surface area contributed by atoms with Gasteiger partial charge in [0.2, 0.25) is 11.8 Å². The lowest BCUT2D eigenvalue weighted by Gasteiger charge is -2.44. The number of aliphatic hydroxyl groups is 1. The number of amides is 2. The minimum absolute atomic E-state index is 0.0623. The number of thioether (sulfide) groups is 1. The average molecular weight is 507 g/mol. The van der Waals surface area contributed by atoms with E-state index in [2.05, 4.69) is 13.2 Å². The van der Waals surface area contributed by atoms with Crippen molar-refractivity contribution in [2.45, 2.75) is 87.9 Å². The van der Waals surface area contributed by atoms with Gasteiger partial charge < -0.3 is 19.6 Å². The first-order valence-electron chi connectivity index (χ1n) is 12.6. The van der Waals surface area contributed by atoms with Gasteiger partial charge in [0.05, 0.1) is 35.8 Å². The lowest BCUT2D eigenvalue weighted by Crippen LogP contribution is -2.61. The number of likely N-dealkylation sites (tertiary alicyclic amines) is 1. The molecule has 3 saturated heterocycles. The number of fused-ring (bicyclic) bond motifs is 1. The van der Waals surface area contributed by atoms with Crippen LogP contribution in [0.25, 0.3) is 0 Å². The van der Waals surface area contributed by atoms with Crippen LogP contribution in [0, 0.1) is 17.8 Å². The lowest BCUT2D eigenvalue weighted by molar-refractivity contribution is -0.156. The predicted molar refractivity (Wildman–Crippen MR) is 139 cm³/mol. The zero-order valence-corrected chi connectivity index (χ0v) is 22.9. The van der Waals surface area contributed by atoms with Gasteiger partial charge in [-0.2, -0.15) is 0 Å². The number of aliphatic hydroxyl groups excluding tert-OH is 1. The molecule has 196 valence electrons. The molecule has 1 N–H and O–H groups in total. The van der Waals surface area contributed by atoms with Crippen LogP contribution in [0.2, 0.25) is 0 Å². The van der Waals surface area contributed by atoms with E-state index >= 15 is 0 Å². The molecule has 2 unspecified atom stereocenters. The highest BCUT2D eigenvalue weighted by Crippen LogP contribution is 2.72. The Balaban J connectivity index is 2.13. The summed E-state index contributed by atoms with van der Waals surface area (Å²) in [6.07, 6.45) is 5.32. The van der Waals surface area contributed by atoms with Gasteiger partial charge in [0.15, 0.2) is 0 Å². The van der Waals surface area contributed by atoms with Crippen LogP contribution in [0.1, 0.15) is 60.8 Å². The predicted octanol–water partition coefficient (Wildman–Crippen LogP) is 3.42. The molecule has 3 fully saturated rings. The molecule has 0 aromatic rings. The van der Waals surface area contributed by atoms with Crippen LogP contribution in [-0.2, 0) is 19.1 Å². The van der Waals surface area contributed by atoms with E-state index < -0.39 is 39.0 Å². The first kappa shape index (κ1) is 27.8. The Kier molecular flexibility index (Phi) is 7.88. The Hall–Kier alpha value is -1.80. The van der Waals surface area contributed by atoms with Gasteiger partial charge in [0, 0.05) is 16.8 Å². The smallest absolute Gasteiger partial charge is 0.311 e. The topological polar surface area (TPSA) is 87.1 Å². The lowest BCUT2D eigenvalue weighted by atomic mass is 9.66. The van der Waals surface area contributed by atoms with Gasteiger partial charge in [0.25, 0.3) is 0 Å². The Morgan fingerprint density at radius 1 is 1.29 bits per heavy atom. The number of esters is 1. The summed E-state index contributed by atoms with van der Waals surface area (Å²) in [5.41, 5.74) is -0.491. The van der Waals surface area contributed by atoms with Crippen molar-refractivity contribution in [3.8, 4) is 0 Å². The number of hydrogen-bond donors (Lipinski definition) is 1. The SMILES string of the molecule is C=CCCOC(=O)[C@@H]1[C@H]2C(=O)N([C@@H](CO)C(C)C)C(C(=O)N(CC=C)C(C)(C)C)C23CC[C@@]1(C)S3. The highest BCUT2D eigenvalue weighted by molar-refractivity contribution is 8.02. The zero-order valence-electron chi connectivity index (χ0n) is 22.1. The van der Waals surface area contributed by atoms with Gasteiger partial charge in [-0.1, -0.05) is 26.0 Å². The molecule has 35 heavy (non-hydrogen) atoms. The molecule has 0 aromatic heterocycles. The fourth-order valence-corrected chi connectivity index (χ4v) is 8.61. The quantitative estimate of drug-likeness (QED) is 0.278. The van der Waals surface area contributed by atoms with Crippen LogP contribution in [0.3, 0.4) is 0 Å². The van der Waals surface area contributed by atoms with Crippen molar-refractivity contribution in [3.63, 3.8) is 0 Å². The number of carbonyl (C=O) groups is 3. The summed E-state index contributed by atoms with van der Waals surface area (Å²) in [5.74, 6) is -2.09. The molecule has 3 aliphatic heterocycles. The highest BCUT2D eigenvalue weighted by atomic mass is 32.2. The van der Waals surface area contributed by atoms with Crippen molar-refractivity contribution < 1.29 is 24.2 Å². The van der Waals surface area contributed by atoms with Crippen LogP contribution >= 0.6 is 11.8 Å². The van der Waals surface area contributed by atoms with Crippen molar-refractivity contribution in [1.82, 2.24) is 9.80 Å². The third kappa shape index (κ3) is 4.45. The molecule has 0 aliphatic carbocycles. The zero-order chi connectivity index (χ0) is 26.3. The van der Waals surface area contributed by atoms with E-state index in [4.69, 9.17) is 4.74 Å². The van der Waals surface area contributed by atoms with Crippen molar-refractivity contribution in [1.29, 1.82) is 0 Å². The van der Waals surface area contributed by atoms with Crippen molar-refractivity contribution in [2.24, 2.45) is 17.8 Å². The highest BCUT2D eigenvalue weighted by Gasteiger charge is 2.78. The summed E-state index contributed by atoms with van der Waals surface area (Å²) in [7, 11) is 0. The normalized spacial score (nSPS) is 32.5. The molecule has 2 amide bonds. The summed E-state index contributed by atoms with van der Waals surface area (Å²) < 4.78 is 4.37. The number of hydrogen-bond acceptors (Lipinski definition) is 6. The minimum atomic E-state index is -0.767. The van der Waals surface area contributed by atoms with E-state index in [1.165, 1.54) is 0 Å². The van der Waals surface area contributed by atoms with Gasteiger partial charge in [-0.05, 0) is 52.9 Å². The Labute approximate surface area is 214 Å². The molecule has 7 nitrogen and oxygen atoms in total.